The summed E-state index contributed by atoms with van der Waals surface area (Å²) in [5.74, 6) is -0.371. The van der Waals surface area contributed by atoms with Crippen molar-refractivity contribution in [2.45, 2.75) is 24.3 Å². The van der Waals surface area contributed by atoms with Gasteiger partial charge >= 0.3 is 5.97 Å². The van der Waals surface area contributed by atoms with E-state index in [0.717, 1.165) is 17.7 Å². The van der Waals surface area contributed by atoms with Gasteiger partial charge in [0.2, 0.25) is 5.91 Å². The number of esters is 1. The number of halogens is 1. The lowest BCUT2D eigenvalue weighted by Crippen LogP contribution is -2.40. The van der Waals surface area contributed by atoms with Crippen LogP contribution in [0.2, 0.25) is 0 Å². The second kappa shape index (κ2) is 4.57. The highest BCUT2D eigenvalue weighted by Gasteiger charge is 2.67. The molecule has 4 nitrogen and oxygen atoms in total. The Balaban J connectivity index is 1.59. The quantitative estimate of drug-likeness (QED) is 0.659. The van der Waals surface area contributed by atoms with Crippen LogP contribution in [0.5, 0.6) is 0 Å². The molecule has 2 bridgehead atoms. The molecule has 21 heavy (non-hydrogen) atoms. The number of fused-ring (bicyclic) bond motifs is 1. The van der Waals surface area contributed by atoms with Crippen LogP contribution in [0.15, 0.2) is 24.3 Å². The fourth-order valence-electron chi connectivity index (χ4n) is 4.28. The Bertz CT molecular complexity index is 632. The highest BCUT2D eigenvalue weighted by atomic mass is 79.9. The van der Waals surface area contributed by atoms with E-state index in [0.29, 0.717) is 0 Å². The number of carbonyl (C=O) groups excluding carboxylic acids is 2. The first kappa shape index (κ1) is 13.3. The predicted molar refractivity (Wildman–Crippen MR) is 81.0 cm³/mol. The summed E-state index contributed by atoms with van der Waals surface area (Å²) >= 11 is 3.62. The number of rotatable bonds is 2. The van der Waals surface area contributed by atoms with Crippen molar-refractivity contribution in [1.29, 1.82) is 0 Å². The van der Waals surface area contributed by atoms with Gasteiger partial charge in [-0.3, -0.25) is 9.59 Å². The van der Waals surface area contributed by atoms with Crippen molar-refractivity contribution in [3.05, 3.63) is 29.8 Å². The van der Waals surface area contributed by atoms with Crippen LogP contribution in [0.1, 0.15) is 12.0 Å². The summed E-state index contributed by atoms with van der Waals surface area (Å²) in [4.78, 5) is 24.8. The average molecular weight is 350 g/mol. The van der Waals surface area contributed by atoms with Gasteiger partial charge in [-0.2, -0.15) is 0 Å². The lowest BCUT2D eigenvalue weighted by atomic mass is 9.79. The number of amides is 1. The van der Waals surface area contributed by atoms with Crippen LogP contribution in [0.25, 0.3) is 0 Å². The molecule has 1 aromatic carbocycles. The Hall–Kier alpha value is -1.36. The molecule has 2 aliphatic carbocycles. The van der Waals surface area contributed by atoms with E-state index in [1.54, 1.807) is 0 Å². The predicted octanol–water partition coefficient (Wildman–Crippen LogP) is 2.50. The first-order chi connectivity index (χ1) is 10.1. The van der Waals surface area contributed by atoms with Crippen molar-refractivity contribution < 1.29 is 14.3 Å². The molecule has 0 aromatic heterocycles. The highest BCUT2D eigenvalue weighted by molar-refractivity contribution is 9.09. The second-order valence-corrected chi connectivity index (χ2v) is 7.38. The van der Waals surface area contributed by atoms with E-state index in [1.165, 1.54) is 0 Å². The lowest BCUT2D eigenvalue weighted by Gasteiger charge is -2.27. The van der Waals surface area contributed by atoms with Crippen LogP contribution in [0, 0.1) is 30.6 Å². The van der Waals surface area contributed by atoms with Crippen molar-refractivity contribution in [3.63, 3.8) is 0 Å². The Morgan fingerprint density at radius 1 is 1.38 bits per heavy atom. The topological polar surface area (TPSA) is 55.4 Å². The zero-order chi connectivity index (χ0) is 14.7. The van der Waals surface area contributed by atoms with E-state index in [2.05, 4.69) is 21.2 Å². The maximum absolute atomic E-state index is 12.7. The molecule has 110 valence electrons. The molecule has 1 aliphatic heterocycles. The van der Waals surface area contributed by atoms with E-state index < -0.39 is 0 Å². The van der Waals surface area contributed by atoms with Crippen LogP contribution < -0.4 is 5.32 Å². The molecule has 3 fully saturated rings. The van der Waals surface area contributed by atoms with E-state index in [9.17, 15) is 9.59 Å². The van der Waals surface area contributed by atoms with Crippen LogP contribution in [-0.4, -0.2) is 22.8 Å². The van der Waals surface area contributed by atoms with Gasteiger partial charge in [0.05, 0.1) is 16.7 Å². The number of ether oxygens (including phenoxy) is 1. The fourth-order valence-corrected chi connectivity index (χ4v) is 5.32. The molecule has 1 amide bonds. The number of carbonyl (C=O) groups is 2. The van der Waals surface area contributed by atoms with Crippen LogP contribution in [0.4, 0.5) is 5.69 Å². The van der Waals surface area contributed by atoms with Crippen molar-refractivity contribution >= 4 is 33.5 Å². The Morgan fingerprint density at radius 2 is 2.19 bits per heavy atom. The third kappa shape index (κ3) is 1.86. The van der Waals surface area contributed by atoms with Gasteiger partial charge in [-0.1, -0.05) is 28.1 Å². The van der Waals surface area contributed by atoms with Crippen LogP contribution >= 0.6 is 15.9 Å². The van der Waals surface area contributed by atoms with Gasteiger partial charge < -0.3 is 10.1 Å². The summed E-state index contributed by atoms with van der Waals surface area (Å²) in [7, 11) is 0. The van der Waals surface area contributed by atoms with Crippen LogP contribution in [0.3, 0.4) is 0 Å². The zero-order valence-corrected chi connectivity index (χ0v) is 13.2. The fraction of sp³-hybridized carbons (Fsp3) is 0.500. The number of aryl methyl sites for hydroxylation is 1. The first-order valence-corrected chi connectivity index (χ1v) is 8.20. The Kier molecular flexibility index (Phi) is 2.89. The molecule has 6 atom stereocenters. The van der Waals surface area contributed by atoms with Crippen molar-refractivity contribution in [3.8, 4) is 0 Å². The Labute approximate surface area is 131 Å². The zero-order valence-electron chi connectivity index (χ0n) is 11.6. The molecular weight excluding hydrogens is 334 g/mol. The third-order valence-corrected chi connectivity index (χ3v) is 6.31. The lowest BCUT2D eigenvalue weighted by molar-refractivity contribution is -0.145. The molecule has 3 aliphatic rings. The van der Waals surface area contributed by atoms with Gasteiger partial charge in [-0.05, 0) is 37.0 Å². The summed E-state index contributed by atoms with van der Waals surface area (Å²) in [5, 5.41) is 2.97. The minimum atomic E-state index is -0.272. The minimum Gasteiger partial charge on any atom is -0.461 e. The standard InChI is InChI=1S/C16H16BrNO3/c1-7-3-2-4-8(5-7)18-15(19)11-9-6-10-12(11)16(20)21-14(10)13(9)17/h2-5,9-14H,6H2,1H3,(H,18,19)/t9-,10-,11-,12+,13+,14+/m1/s1. The summed E-state index contributed by atoms with van der Waals surface area (Å²) in [6.45, 7) is 1.99. The van der Waals surface area contributed by atoms with Crippen molar-refractivity contribution in [2.75, 3.05) is 5.32 Å². The number of anilines is 1. The number of nitrogens with one attached hydrogen (secondary N) is 1. The van der Waals surface area contributed by atoms with E-state index in [-0.39, 0.29) is 46.5 Å². The summed E-state index contributed by atoms with van der Waals surface area (Å²) in [6, 6.07) is 7.71. The van der Waals surface area contributed by atoms with E-state index in [1.807, 2.05) is 31.2 Å². The summed E-state index contributed by atoms with van der Waals surface area (Å²) in [5.41, 5.74) is 1.89. The highest BCUT2D eigenvalue weighted by Crippen LogP contribution is 2.60. The molecular formula is C16H16BrNO3. The number of benzene rings is 1. The number of alkyl halides is 1. The molecule has 1 N–H and O–H groups in total. The van der Waals surface area contributed by atoms with Gasteiger partial charge in [-0.15, -0.1) is 0 Å². The van der Waals surface area contributed by atoms with E-state index >= 15 is 0 Å². The molecule has 1 heterocycles. The monoisotopic (exact) mass is 349 g/mol. The molecule has 0 unspecified atom stereocenters. The maximum Gasteiger partial charge on any atom is 0.310 e. The summed E-state index contributed by atoms with van der Waals surface area (Å²) in [6.07, 6.45) is 0.874. The largest absolute Gasteiger partial charge is 0.461 e. The molecule has 2 saturated carbocycles. The van der Waals surface area contributed by atoms with Gasteiger partial charge in [0.25, 0.3) is 0 Å². The smallest absolute Gasteiger partial charge is 0.310 e. The first-order valence-electron chi connectivity index (χ1n) is 7.28. The van der Waals surface area contributed by atoms with Gasteiger partial charge in [-0.25, -0.2) is 0 Å². The summed E-state index contributed by atoms with van der Waals surface area (Å²) < 4.78 is 5.44. The Morgan fingerprint density at radius 3 is 2.95 bits per heavy atom. The van der Waals surface area contributed by atoms with Crippen molar-refractivity contribution in [1.82, 2.24) is 0 Å². The molecule has 1 aromatic rings. The third-order valence-electron chi connectivity index (χ3n) is 5.11. The molecule has 1 saturated heterocycles. The molecule has 5 heteroatoms. The SMILES string of the molecule is Cc1cccc(NC(=O)[C@@H]2[C@H]3C[C@H]4[C@H](OC(=O)[C@@H]42)[C@H]3Br)c1. The number of hydrogen-bond acceptors (Lipinski definition) is 3. The second-order valence-electron chi connectivity index (χ2n) is 6.32. The normalized spacial score (nSPS) is 39.4. The molecule has 4 rings (SSSR count). The van der Waals surface area contributed by atoms with Gasteiger partial charge in [0, 0.05) is 11.6 Å². The van der Waals surface area contributed by atoms with E-state index in [4.69, 9.17) is 4.74 Å². The minimum absolute atomic E-state index is 0.0319. The maximum atomic E-state index is 12.7. The number of hydrogen-bond donors (Lipinski definition) is 1. The molecule has 0 spiro atoms. The van der Waals surface area contributed by atoms with Crippen LogP contribution in [-0.2, 0) is 14.3 Å². The molecule has 0 radical (unpaired) electrons. The van der Waals surface area contributed by atoms with Crippen molar-refractivity contribution in [2.24, 2.45) is 23.7 Å². The van der Waals surface area contributed by atoms with Gasteiger partial charge in [0.1, 0.15) is 6.10 Å². The van der Waals surface area contributed by atoms with Gasteiger partial charge in [0.15, 0.2) is 0 Å². The average Bonchev–Trinajstić information content (AvgIpc) is 3.02.